The van der Waals surface area contributed by atoms with Crippen molar-refractivity contribution in [2.75, 3.05) is 26.0 Å². The van der Waals surface area contributed by atoms with Gasteiger partial charge in [-0.1, -0.05) is 5.23 Å². The van der Waals surface area contributed by atoms with Crippen LogP contribution >= 0.6 is 0 Å². The van der Waals surface area contributed by atoms with E-state index >= 15 is 0 Å². The van der Waals surface area contributed by atoms with Crippen LogP contribution in [0.4, 0.5) is 0 Å². The van der Waals surface area contributed by atoms with Gasteiger partial charge in [-0.2, -0.15) is 0 Å². The molecule has 1 fully saturated rings. The van der Waals surface area contributed by atoms with Gasteiger partial charge in [0.25, 0.3) is 0 Å². The van der Waals surface area contributed by atoms with Crippen molar-refractivity contribution in [3.63, 3.8) is 0 Å². The zero-order valence-electron chi connectivity index (χ0n) is 9.41. The van der Waals surface area contributed by atoms with Gasteiger partial charge in [-0.3, -0.25) is 9.68 Å². The van der Waals surface area contributed by atoms with Crippen LogP contribution in [0, 0.1) is 0 Å². The highest BCUT2D eigenvalue weighted by Crippen LogP contribution is 2.11. The molecule has 0 radical (unpaired) electrons. The van der Waals surface area contributed by atoms with Gasteiger partial charge in [-0.15, -0.1) is 0 Å². The molecule has 14 heavy (non-hydrogen) atoms. The Bertz CT molecular complexity index is 158. The Hall–Kier alpha value is 0.0569. The summed E-state index contributed by atoms with van der Waals surface area (Å²) in [4.78, 5) is 10.9. The Morgan fingerprint density at radius 1 is 1.21 bits per heavy atom. The molecule has 1 heterocycles. The molecule has 1 aliphatic heterocycles. The molecule has 5 heteroatoms. The Morgan fingerprint density at radius 3 is 2.29 bits per heavy atom. The summed E-state index contributed by atoms with van der Waals surface area (Å²) >= 11 is 0. The second kappa shape index (κ2) is 5.82. The maximum Gasteiger partial charge on any atom is 0.205 e. The molecule has 0 unspecified atom stereocenters. The lowest BCUT2D eigenvalue weighted by atomic mass is 10.3. The van der Waals surface area contributed by atoms with Gasteiger partial charge in [0.1, 0.15) is 0 Å². The average Bonchev–Trinajstić information content (AvgIpc) is 2.31. The highest BCUT2D eigenvalue weighted by atomic mass is 28.4. The van der Waals surface area contributed by atoms with Gasteiger partial charge in [-0.25, -0.2) is 0 Å². The van der Waals surface area contributed by atoms with E-state index in [1.807, 2.05) is 6.92 Å². The third-order valence-electron chi connectivity index (χ3n) is 2.05. The number of hydrogen-bond donors (Lipinski definition) is 0. The fourth-order valence-corrected chi connectivity index (χ4v) is 3.09. The lowest BCUT2D eigenvalue weighted by Crippen LogP contribution is -2.45. The van der Waals surface area contributed by atoms with Crippen LogP contribution < -0.4 is 0 Å². The van der Waals surface area contributed by atoms with Gasteiger partial charge in [0.05, 0.1) is 19.4 Å². The summed E-state index contributed by atoms with van der Waals surface area (Å²) < 4.78 is 5.71. The van der Waals surface area contributed by atoms with Crippen LogP contribution in [0.15, 0.2) is 0 Å². The van der Waals surface area contributed by atoms with E-state index in [0.29, 0.717) is 0 Å². The minimum Gasteiger partial charge on any atom is -0.416 e. The molecule has 0 aliphatic carbocycles. The molecule has 0 aromatic rings. The average molecular weight is 219 g/mol. The molecule has 0 amide bonds. The fraction of sp³-hybridized carbons (Fsp3) is 1.00. The normalized spacial score (nSPS) is 20.8. The quantitative estimate of drug-likeness (QED) is 0.674. The third kappa shape index (κ3) is 4.52. The van der Waals surface area contributed by atoms with Crippen molar-refractivity contribution in [2.45, 2.75) is 32.9 Å². The SMILES string of the molecule is CCO[Si](C)(C)CN1OCCCCO1. The van der Waals surface area contributed by atoms with Gasteiger partial charge < -0.3 is 4.43 Å². The second-order valence-electron chi connectivity index (χ2n) is 4.06. The van der Waals surface area contributed by atoms with E-state index in [1.54, 1.807) is 5.23 Å². The first kappa shape index (κ1) is 12.1. The van der Waals surface area contributed by atoms with Crippen LogP contribution in [-0.4, -0.2) is 39.5 Å². The fourth-order valence-electron chi connectivity index (χ4n) is 1.41. The van der Waals surface area contributed by atoms with E-state index in [-0.39, 0.29) is 0 Å². The molecule has 0 aromatic carbocycles. The Labute approximate surface area is 87.2 Å². The molecule has 0 bridgehead atoms. The predicted octanol–water partition coefficient (Wildman–Crippen LogP) is 1.73. The third-order valence-corrected chi connectivity index (χ3v) is 4.14. The zero-order valence-corrected chi connectivity index (χ0v) is 10.4. The van der Waals surface area contributed by atoms with Crippen molar-refractivity contribution >= 4 is 8.32 Å². The van der Waals surface area contributed by atoms with Crippen LogP contribution in [0.1, 0.15) is 19.8 Å². The Kier molecular flexibility index (Phi) is 5.04. The summed E-state index contributed by atoms with van der Waals surface area (Å²) in [5.74, 6) is 0. The first-order valence-electron chi connectivity index (χ1n) is 5.31. The largest absolute Gasteiger partial charge is 0.416 e. The summed E-state index contributed by atoms with van der Waals surface area (Å²) in [5.41, 5.74) is 0. The standard InChI is InChI=1S/C9H21NO3Si/c1-4-13-14(2,3)9-10-11-7-5-6-8-12-10/h4-9H2,1-3H3. The van der Waals surface area contributed by atoms with Crippen LogP contribution in [0.5, 0.6) is 0 Å². The summed E-state index contributed by atoms with van der Waals surface area (Å²) in [5, 5.41) is 1.62. The molecular weight excluding hydrogens is 198 g/mol. The molecule has 1 saturated heterocycles. The van der Waals surface area contributed by atoms with Crippen molar-refractivity contribution in [1.29, 1.82) is 0 Å². The van der Waals surface area contributed by atoms with Gasteiger partial charge in [0.15, 0.2) is 0 Å². The van der Waals surface area contributed by atoms with Crippen LogP contribution in [0.25, 0.3) is 0 Å². The minimum absolute atomic E-state index is 0.761. The van der Waals surface area contributed by atoms with E-state index in [9.17, 15) is 0 Å². The molecule has 1 aliphatic rings. The summed E-state index contributed by atoms with van der Waals surface area (Å²) in [6.07, 6.45) is 2.93. The van der Waals surface area contributed by atoms with Crippen molar-refractivity contribution in [2.24, 2.45) is 0 Å². The van der Waals surface area contributed by atoms with Crippen molar-refractivity contribution in [3.8, 4) is 0 Å². The van der Waals surface area contributed by atoms with Gasteiger partial charge in [-0.05, 0) is 32.9 Å². The predicted molar refractivity (Wildman–Crippen MR) is 57.0 cm³/mol. The summed E-state index contributed by atoms with van der Waals surface area (Å²) in [6, 6.07) is 0. The Morgan fingerprint density at radius 2 is 1.79 bits per heavy atom. The van der Waals surface area contributed by atoms with Gasteiger partial charge in [0.2, 0.25) is 8.32 Å². The van der Waals surface area contributed by atoms with E-state index < -0.39 is 8.32 Å². The van der Waals surface area contributed by atoms with Gasteiger partial charge >= 0.3 is 0 Å². The number of rotatable bonds is 4. The molecular formula is C9H21NO3Si. The second-order valence-corrected chi connectivity index (χ2v) is 8.18. The van der Waals surface area contributed by atoms with Crippen molar-refractivity contribution < 1.29 is 14.1 Å². The lowest BCUT2D eigenvalue weighted by molar-refractivity contribution is -0.350. The minimum atomic E-state index is -1.64. The van der Waals surface area contributed by atoms with Crippen LogP contribution in [-0.2, 0) is 14.1 Å². The van der Waals surface area contributed by atoms with Crippen molar-refractivity contribution in [1.82, 2.24) is 5.23 Å². The number of hydrogen-bond acceptors (Lipinski definition) is 4. The monoisotopic (exact) mass is 219 g/mol. The number of nitrogens with zero attached hydrogens (tertiary/aromatic N) is 1. The molecule has 0 N–H and O–H groups in total. The highest BCUT2D eigenvalue weighted by Gasteiger charge is 2.27. The van der Waals surface area contributed by atoms with Crippen molar-refractivity contribution in [3.05, 3.63) is 0 Å². The van der Waals surface area contributed by atoms with E-state index in [1.165, 1.54) is 0 Å². The smallest absolute Gasteiger partial charge is 0.205 e. The highest BCUT2D eigenvalue weighted by molar-refractivity contribution is 6.71. The summed E-state index contributed by atoms with van der Waals surface area (Å²) in [7, 11) is -1.64. The Balaban J connectivity index is 2.33. The molecule has 0 spiro atoms. The lowest BCUT2D eigenvalue weighted by Gasteiger charge is -2.27. The molecule has 1 rings (SSSR count). The first-order chi connectivity index (χ1) is 6.64. The molecule has 0 aromatic heterocycles. The zero-order chi connectivity index (χ0) is 10.4. The topological polar surface area (TPSA) is 30.9 Å². The maximum absolute atomic E-state index is 5.71. The van der Waals surface area contributed by atoms with E-state index in [0.717, 1.165) is 38.8 Å². The maximum atomic E-state index is 5.71. The molecule has 0 saturated carbocycles. The molecule has 84 valence electrons. The van der Waals surface area contributed by atoms with Crippen LogP contribution in [0.2, 0.25) is 13.1 Å². The van der Waals surface area contributed by atoms with E-state index in [4.69, 9.17) is 14.1 Å². The van der Waals surface area contributed by atoms with Gasteiger partial charge in [0, 0.05) is 6.61 Å². The van der Waals surface area contributed by atoms with E-state index in [2.05, 4.69) is 13.1 Å². The first-order valence-corrected chi connectivity index (χ1v) is 8.43. The van der Waals surface area contributed by atoms with Crippen LogP contribution in [0.3, 0.4) is 0 Å². The molecule has 4 nitrogen and oxygen atoms in total. The molecule has 0 atom stereocenters. The summed E-state index contributed by atoms with van der Waals surface area (Å²) in [6.45, 7) is 8.67. The number of hydroxylamine groups is 2.